The van der Waals surface area contributed by atoms with E-state index in [1.165, 1.54) is 63.4 Å². The summed E-state index contributed by atoms with van der Waals surface area (Å²) in [6, 6.07) is 0. The Labute approximate surface area is 210 Å². The Hall–Kier alpha value is -0.790. The van der Waals surface area contributed by atoms with E-state index in [9.17, 15) is 4.79 Å². The Morgan fingerprint density at radius 3 is 2.12 bits per heavy atom. The van der Waals surface area contributed by atoms with Crippen molar-refractivity contribution in [1.29, 1.82) is 0 Å². The van der Waals surface area contributed by atoms with Crippen LogP contribution in [0.5, 0.6) is 0 Å². The molecule has 0 bridgehead atoms. The van der Waals surface area contributed by atoms with Crippen LogP contribution in [0.25, 0.3) is 0 Å². The Bertz CT molecular complexity index is 872. The third-order valence-electron chi connectivity index (χ3n) is 13.7. The summed E-state index contributed by atoms with van der Waals surface area (Å²) in [4.78, 5) is 11.9. The molecule has 0 saturated heterocycles. The van der Waals surface area contributed by atoms with E-state index in [0.29, 0.717) is 27.6 Å². The SMILES string of the molecule is C=C(C)[C@H]1CC[C@@]2(C)CC[C@]3(C)[C@H](CC[C@H]4[C@@]5(C)CC[C@@H](OC(C)=O)C(C)(C)[C@H]5CC[C@@]43C)[C@@H]12. The van der Waals surface area contributed by atoms with Crippen molar-refractivity contribution < 1.29 is 9.53 Å². The van der Waals surface area contributed by atoms with Crippen molar-refractivity contribution in [2.75, 3.05) is 0 Å². The fourth-order valence-electron chi connectivity index (χ4n) is 11.9. The van der Waals surface area contributed by atoms with Crippen molar-refractivity contribution in [2.24, 2.45) is 56.7 Å². The molecule has 0 heterocycles. The van der Waals surface area contributed by atoms with Gasteiger partial charge in [0, 0.05) is 12.3 Å². The van der Waals surface area contributed by atoms with E-state index in [0.717, 1.165) is 30.1 Å². The highest BCUT2D eigenvalue weighted by atomic mass is 16.5. The normalized spacial score (nSPS) is 53.6. The van der Waals surface area contributed by atoms with Gasteiger partial charge in [0.05, 0.1) is 0 Å². The molecule has 0 aromatic heterocycles. The molecule has 0 unspecified atom stereocenters. The van der Waals surface area contributed by atoms with Crippen molar-refractivity contribution in [3.63, 3.8) is 0 Å². The van der Waals surface area contributed by atoms with Gasteiger partial charge in [-0.3, -0.25) is 4.79 Å². The highest BCUT2D eigenvalue weighted by Crippen LogP contribution is 2.77. The predicted octanol–water partition coefficient (Wildman–Crippen LogP) is 8.60. The zero-order chi connectivity index (χ0) is 24.9. The van der Waals surface area contributed by atoms with Gasteiger partial charge in [0.2, 0.25) is 0 Å². The van der Waals surface area contributed by atoms with Gasteiger partial charge in [-0.15, -0.1) is 0 Å². The molecule has 5 fully saturated rings. The number of allylic oxidation sites excluding steroid dienone is 1. The number of hydrogen-bond acceptors (Lipinski definition) is 2. The van der Waals surface area contributed by atoms with E-state index in [4.69, 9.17) is 4.74 Å². The summed E-state index contributed by atoms with van der Waals surface area (Å²) in [7, 11) is 0. The molecule has 192 valence electrons. The monoisotopic (exact) mass is 468 g/mol. The Morgan fingerprint density at radius 1 is 0.765 bits per heavy atom. The molecular weight excluding hydrogens is 416 g/mol. The van der Waals surface area contributed by atoms with Gasteiger partial charge in [0.25, 0.3) is 0 Å². The van der Waals surface area contributed by atoms with Gasteiger partial charge in [-0.05, 0) is 122 Å². The van der Waals surface area contributed by atoms with E-state index in [2.05, 4.69) is 55.0 Å². The minimum Gasteiger partial charge on any atom is -0.462 e. The highest BCUT2D eigenvalue weighted by Gasteiger charge is 2.70. The van der Waals surface area contributed by atoms with Crippen molar-refractivity contribution in [2.45, 2.75) is 126 Å². The van der Waals surface area contributed by atoms with Gasteiger partial charge in [-0.2, -0.15) is 0 Å². The molecule has 5 rings (SSSR count). The van der Waals surface area contributed by atoms with E-state index < -0.39 is 0 Å². The van der Waals surface area contributed by atoms with Gasteiger partial charge in [0.15, 0.2) is 0 Å². The Balaban J connectivity index is 1.50. The average Bonchev–Trinajstić information content (AvgIpc) is 3.08. The summed E-state index contributed by atoms with van der Waals surface area (Å²) in [6.45, 7) is 23.9. The lowest BCUT2D eigenvalue weighted by atomic mass is 9.32. The molecule has 2 heteroatoms. The predicted molar refractivity (Wildman–Crippen MR) is 140 cm³/mol. The van der Waals surface area contributed by atoms with Crippen LogP contribution < -0.4 is 0 Å². The maximum atomic E-state index is 11.9. The number of ether oxygens (including phenoxy) is 1. The topological polar surface area (TPSA) is 26.3 Å². The quantitative estimate of drug-likeness (QED) is 0.299. The highest BCUT2D eigenvalue weighted by molar-refractivity contribution is 5.66. The third-order valence-corrected chi connectivity index (χ3v) is 13.7. The van der Waals surface area contributed by atoms with Crippen molar-refractivity contribution >= 4 is 5.97 Å². The second-order valence-corrected chi connectivity index (χ2v) is 15.3. The second-order valence-electron chi connectivity index (χ2n) is 15.3. The minimum atomic E-state index is -0.107. The van der Waals surface area contributed by atoms with Crippen LogP contribution >= 0.6 is 0 Å². The zero-order valence-electron chi connectivity index (χ0n) is 23.6. The molecular formula is C32H52O2. The first kappa shape index (κ1) is 24.9. The van der Waals surface area contributed by atoms with Crippen molar-refractivity contribution in [3.05, 3.63) is 12.2 Å². The van der Waals surface area contributed by atoms with E-state index in [1.54, 1.807) is 6.92 Å². The molecule has 34 heavy (non-hydrogen) atoms. The van der Waals surface area contributed by atoms with Crippen LogP contribution in [-0.2, 0) is 9.53 Å². The average molecular weight is 469 g/mol. The minimum absolute atomic E-state index is 0.0550. The molecule has 0 aliphatic heterocycles. The molecule has 0 N–H and O–H groups in total. The maximum Gasteiger partial charge on any atom is 0.302 e. The summed E-state index contributed by atoms with van der Waals surface area (Å²) in [5, 5.41) is 0. The maximum absolute atomic E-state index is 11.9. The molecule has 5 aliphatic carbocycles. The van der Waals surface area contributed by atoms with Crippen LogP contribution in [0.15, 0.2) is 12.2 Å². The van der Waals surface area contributed by atoms with Gasteiger partial charge < -0.3 is 4.74 Å². The van der Waals surface area contributed by atoms with Crippen LogP contribution in [-0.4, -0.2) is 12.1 Å². The fraction of sp³-hybridized carbons (Fsp3) is 0.906. The molecule has 0 aromatic rings. The molecule has 2 nitrogen and oxygen atoms in total. The first-order chi connectivity index (χ1) is 15.7. The Morgan fingerprint density at radius 2 is 1.47 bits per heavy atom. The number of hydrogen-bond donors (Lipinski definition) is 0. The van der Waals surface area contributed by atoms with Gasteiger partial charge in [-0.25, -0.2) is 0 Å². The number of fused-ring (bicyclic) bond motifs is 7. The van der Waals surface area contributed by atoms with E-state index in [-0.39, 0.29) is 17.5 Å². The molecule has 10 atom stereocenters. The first-order valence-electron chi connectivity index (χ1n) is 14.5. The Kier molecular flexibility index (Phi) is 5.57. The van der Waals surface area contributed by atoms with Crippen LogP contribution in [0.3, 0.4) is 0 Å². The summed E-state index contributed by atoms with van der Waals surface area (Å²) in [6.07, 6.45) is 13.4. The summed E-state index contributed by atoms with van der Waals surface area (Å²) < 4.78 is 5.91. The summed E-state index contributed by atoms with van der Waals surface area (Å²) in [5.41, 5.74) is 3.23. The fourth-order valence-corrected chi connectivity index (χ4v) is 11.9. The summed E-state index contributed by atoms with van der Waals surface area (Å²) >= 11 is 0. The molecule has 0 amide bonds. The van der Waals surface area contributed by atoms with Gasteiger partial charge in [0.1, 0.15) is 6.10 Å². The molecule has 5 aliphatic rings. The van der Waals surface area contributed by atoms with E-state index in [1.807, 2.05) is 0 Å². The van der Waals surface area contributed by atoms with Crippen molar-refractivity contribution in [3.8, 4) is 0 Å². The smallest absolute Gasteiger partial charge is 0.302 e. The van der Waals surface area contributed by atoms with Gasteiger partial charge in [-0.1, -0.05) is 53.7 Å². The summed E-state index contributed by atoms with van der Waals surface area (Å²) in [5.74, 6) is 3.74. The largest absolute Gasteiger partial charge is 0.462 e. The number of rotatable bonds is 2. The lowest BCUT2D eigenvalue weighted by molar-refractivity contribution is -0.248. The zero-order valence-corrected chi connectivity index (χ0v) is 23.6. The standard InChI is InChI=1S/C32H52O2/c1-20(2)22-12-15-29(6)18-19-31(8)23(27(22)29)10-11-25-30(7)16-14-26(34-21(3)33)28(4,5)24(30)13-17-32(25,31)9/h22-27H,1,10-19H2,2-9H3/t22-,23-,24-,25+,26-,27-,29+,30+,31-,32+/m1/s1. The van der Waals surface area contributed by atoms with Crippen LogP contribution in [0.1, 0.15) is 120 Å². The van der Waals surface area contributed by atoms with Gasteiger partial charge >= 0.3 is 5.97 Å². The molecule has 0 radical (unpaired) electrons. The molecule has 0 spiro atoms. The van der Waals surface area contributed by atoms with Crippen LogP contribution in [0, 0.1) is 56.7 Å². The first-order valence-corrected chi connectivity index (χ1v) is 14.5. The van der Waals surface area contributed by atoms with E-state index >= 15 is 0 Å². The number of carbonyl (C=O) groups is 1. The molecule has 0 aromatic carbocycles. The van der Waals surface area contributed by atoms with Crippen LogP contribution in [0.4, 0.5) is 0 Å². The lowest BCUT2D eigenvalue weighted by Crippen LogP contribution is -2.66. The van der Waals surface area contributed by atoms with Crippen LogP contribution in [0.2, 0.25) is 0 Å². The number of carbonyl (C=O) groups excluding carboxylic acids is 1. The number of esters is 1. The van der Waals surface area contributed by atoms with Crippen molar-refractivity contribution in [1.82, 2.24) is 0 Å². The second kappa shape index (κ2) is 7.61. The molecule has 5 saturated carbocycles. The third kappa shape index (κ3) is 3.08. The lowest BCUT2D eigenvalue weighted by Gasteiger charge is -2.73.